The summed E-state index contributed by atoms with van der Waals surface area (Å²) in [5.41, 5.74) is 4.76. The quantitative estimate of drug-likeness (QED) is 0.448. The van der Waals surface area contributed by atoms with E-state index in [1.165, 1.54) is 0 Å². The summed E-state index contributed by atoms with van der Waals surface area (Å²) in [5, 5.41) is 10.7. The summed E-state index contributed by atoms with van der Waals surface area (Å²) in [6, 6.07) is -0.507. The van der Waals surface area contributed by atoms with Crippen molar-refractivity contribution in [2.45, 2.75) is 12.8 Å². The molecule has 0 aromatic heterocycles. The topological polar surface area (TPSA) is 75.4 Å². The van der Waals surface area contributed by atoms with Gasteiger partial charge in [0.25, 0.3) is 0 Å². The summed E-state index contributed by atoms with van der Waals surface area (Å²) in [5.74, 6) is 0. The highest BCUT2D eigenvalue weighted by atomic mass is 16.2. The van der Waals surface area contributed by atoms with Crippen LogP contribution in [0.15, 0.2) is 0 Å². The third-order valence-electron chi connectivity index (χ3n) is 0.884. The van der Waals surface area contributed by atoms with E-state index in [0.29, 0.717) is 13.0 Å². The van der Waals surface area contributed by atoms with E-state index in [4.69, 9.17) is 10.8 Å². The van der Waals surface area contributed by atoms with Crippen molar-refractivity contribution in [1.29, 1.82) is 0 Å². The molecule has 4 heteroatoms. The lowest BCUT2D eigenvalue weighted by Gasteiger charge is -1.97. The van der Waals surface area contributed by atoms with Gasteiger partial charge in [0.05, 0.1) is 0 Å². The van der Waals surface area contributed by atoms with E-state index in [-0.39, 0.29) is 6.61 Å². The number of carbonyl (C=O) groups is 1. The van der Waals surface area contributed by atoms with E-state index in [9.17, 15) is 4.79 Å². The predicted molar refractivity (Wildman–Crippen MR) is 33.9 cm³/mol. The maximum Gasteiger partial charge on any atom is 0.312 e. The van der Waals surface area contributed by atoms with Gasteiger partial charge in [0.15, 0.2) is 0 Å². The fraction of sp³-hybridized carbons (Fsp3) is 0.800. The van der Waals surface area contributed by atoms with Gasteiger partial charge in [-0.3, -0.25) is 0 Å². The Hall–Kier alpha value is -0.770. The number of unbranched alkanes of at least 4 members (excludes halogenated alkanes) is 1. The highest BCUT2D eigenvalue weighted by molar-refractivity contribution is 5.71. The monoisotopic (exact) mass is 132 g/mol. The normalized spacial score (nSPS) is 9.00. The van der Waals surface area contributed by atoms with Crippen molar-refractivity contribution >= 4 is 6.03 Å². The fourth-order valence-electron chi connectivity index (χ4n) is 0.448. The Morgan fingerprint density at radius 2 is 2.22 bits per heavy atom. The maximum atomic E-state index is 10.0. The third-order valence-corrected chi connectivity index (χ3v) is 0.884. The first kappa shape index (κ1) is 8.23. The molecule has 4 N–H and O–H groups in total. The highest BCUT2D eigenvalue weighted by Crippen LogP contribution is 1.82. The molecule has 0 radical (unpaired) electrons. The molecular formula is C5H12N2O2. The van der Waals surface area contributed by atoms with Crippen LogP contribution in [0.2, 0.25) is 0 Å². The smallest absolute Gasteiger partial charge is 0.312 e. The van der Waals surface area contributed by atoms with Gasteiger partial charge in [-0.25, -0.2) is 4.79 Å². The van der Waals surface area contributed by atoms with Crippen molar-refractivity contribution < 1.29 is 9.90 Å². The fourth-order valence-corrected chi connectivity index (χ4v) is 0.448. The summed E-state index contributed by atoms with van der Waals surface area (Å²) < 4.78 is 0. The molecule has 0 fully saturated rings. The number of urea groups is 1. The lowest BCUT2D eigenvalue weighted by molar-refractivity contribution is 0.247. The van der Waals surface area contributed by atoms with Crippen LogP contribution < -0.4 is 11.1 Å². The summed E-state index contributed by atoms with van der Waals surface area (Å²) in [4.78, 5) is 10.0. The average molecular weight is 132 g/mol. The molecule has 0 aliphatic rings. The van der Waals surface area contributed by atoms with Gasteiger partial charge in [0.1, 0.15) is 0 Å². The molecule has 54 valence electrons. The molecule has 0 rings (SSSR count). The van der Waals surface area contributed by atoms with Crippen molar-refractivity contribution in [3.05, 3.63) is 0 Å². The van der Waals surface area contributed by atoms with Crippen molar-refractivity contribution in [3.63, 3.8) is 0 Å². The van der Waals surface area contributed by atoms with Gasteiger partial charge >= 0.3 is 6.03 Å². The molecule has 0 spiro atoms. The summed E-state index contributed by atoms with van der Waals surface area (Å²) >= 11 is 0. The third kappa shape index (κ3) is 7.23. The van der Waals surface area contributed by atoms with Gasteiger partial charge in [0.2, 0.25) is 0 Å². The Labute approximate surface area is 54.0 Å². The predicted octanol–water partition coefficient (Wildman–Crippen LogP) is -0.573. The number of primary amides is 1. The Bertz CT molecular complexity index is 85.0. The van der Waals surface area contributed by atoms with Crippen LogP contribution in [0.25, 0.3) is 0 Å². The minimum Gasteiger partial charge on any atom is -0.396 e. The standard InChI is InChI=1S/C5H12N2O2/c6-5(9)7-3-1-2-4-8/h8H,1-4H2,(H3,6,7,9). The van der Waals surface area contributed by atoms with Crippen LogP contribution in [-0.4, -0.2) is 24.3 Å². The lowest BCUT2D eigenvalue weighted by atomic mass is 10.3. The summed E-state index contributed by atoms with van der Waals surface area (Å²) in [6.07, 6.45) is 1.49. The Kier molecular flexibility index (Phi) is 4.91. The number of rotatable bonds is 4. The number of hydrogen-bond acceptors (Lipinski definition) is 2. The molecule has 0 aliphatic heterocycles. The number of amides is 2. The highest BCUT2D eigenvalue weighted by Gasteiger charge is 1.88. The number of nitrogens with one attached hydrogen (secondary N) is 1. The van der Waals surface area contributed by atoms with Crippen molar-refractivity contribution in [2.75, 3.05) is 13.2 Å². The number of nitrogens with two attached hydrogens (primary N) is 1. The summed E-state index contributed by atoms with van der Waals surface area (Å²) in [6.45, 7) is 0.719. The van der Waals surface area contributed by atoms with Crippen LogP contribution in [0.1, 0.15) is 12.8 Å². The lowest BCUT2D eigenvalue weighted by Crippen LogP contribution is -2.30. The van der Waals surface area contributed by atoms with Crippen LogP contribution in [0, 0.1) is 0 Å². The first-order valence-electron chi connectivity index (χ1n) is 2.91. The zero-order valence-corrected chi connectivity index (χ0v) is 5.26. The summed E-state index contributed by atoms with van der Waals surface area (Å²) in [7, 11) is 0. The Morgan fingerprint density at radius 3 is 2.67 bits per heavy atom. The maximum absolute atomic E-state index is 10.0. The second kappa shape index (κ2) is 5.37. The molecule has 0 aliphatic carbocycles. The number of aliphatic hydroxyl groups is 1. The van der Waals surface area contributed by atoms with Gasteiger partial charge < -0.3 is 16.2 Å². The van der Waals surface area contributed by atoms with Gasteiger partial charge in [-0.05, 0) is 12.8 Å². The number of hydrogen-bond donors (Lipinski definition) is 3. The minimum atomic E-state index is -0.507. The van der Waals surface area contributed by atoms with Gasteiger partial charge in [-0.2, -0.15) is 0 Å². The number of aliphatic hydroxyl groups excluding tert-OH is 1. The molecule has 0 unspecified atom stereocenters. The van der Waals surface area contributed by atoms with Gasteiger partial charge in [-0.1, -0.05) is 0 Å². The first-order chi connectivity index (χ1) is 4.27. The Balaban J connectivity index is 2.83. The van der Waals surface area contributed by atoms with E-state index in [0.717, 1.165) is 6.42 Å². The van der Waals surface area contributed by atoms with Crippen LogP contribution in [-0.2, 0) is 0 Å². The second-order valence-electron chi connectivity index (χ2n) is 1.72. The first-order valence-corrected chi connectivity index (χ1v) is 2.91. The van der Waals surface area contributed by atoms with E-state index in [2.05, 4.69) is 5.32 Å². The molecule has 0 bridgehead atoms. The van der Waals surface area contributed by atoms with Crippen molar-refractivity contribution in [1.82, 2.24) is 5.32 Å². The van der Waals surface area contributed by atoms with Crippen LogP contribution in [0.5, 0.6) is 0 Å². The zero-order chi connectivity index (χ0) is 7.11. The van der Waals surface area contributed by atoms with Gasteiger partial charge in [-0.15, -0.1) is 0 Å². The van der Waals surface area contributed by atoms with Crippen LogP contribution in [0.4, 0.5) is 4.79 Å². The van der Waals surface area contributed by atoms with Crippen molar-refractivity contribution in [3.8, 4) is 0 Å². The molecule has 0 aromatic carbocycles. The van der Waals surface area contributed by atoms with Crippen LogP contribution >= 0.6 is 0 Å². The molecule has 9 heavy (non-hydrogen) atoms. The molecular weight excluding hydrogens is 120 g/mol. The minimum absolute atomic E-state index is 0.167. The largest absolute Gasteiger partial charge is 0.396 e. The van der Waals surface area contributed by atoms with Gasteiger partial charge in [0, 0.05) is 13.2 Å². The molecule has 0 heterocycles. The van der Waals surface area contributed by atoms with Crippen LogP contribution in [0.3, 0.4) is 0 Å². The van der Waals surface area contributed by atoms with Crippen molar-refractivity contribution in [2.24, 2.45) is 5.73 Å². The molecule has 0 aromatic rings. The molecule has 0 saturated carbocycles. The van der Waals surface area contributed by atoms with E-state index < -0.39 is 6.03 Å². The average Bonchev–Trinajstić information content (AvgIpc) is 1.80. The van der Waals surface area contributed by atoms with E-state index >= 15 is 0 Å². The van der Waals surface area contributed by atoms with E-state index in [1.54, 1.807) is 0 Å². The number of carbonyl (C=O) groups excluding carboxylic acids is 1. The second-order valence-corrected chi connectivity index (χ2v) is 1.72. The Morgan fingerprint density at radius 1 is 1.56 bits per heavy atom. The molecule has 0 saturated heterocycles. The molecule has 0 atom stereocenters. The SMILES string of the molecule is NC(=O)NCCCCO. The molecule has 4 nitrogen and oxygen atoms in total. The van der Waals surface area contributed by atoms with E-state index in [1.807, 2.05) is 0 Å². The molecule has 2 amide bonds. The zero-order valence-electron chi connectivity index (χ0n) is 5.26.